The topological polar surface area (TPSA) is 82.1 Å². The first kappa shape index (κ1) is 28.8. The predicted molar refractivity (Wildman–Crippen MR) is 172 cm³/mol. The first-order valence-corrected chi connectivity index (χ1v) is 15.8. The fraction of sp³-hybridized carbons (Fsp3) is 0.351. The highest BCUT2D eigenvalue weighted by molar-refractivity contribution is 5.63. The maximum absolute atomic E-state index is 11.7. The summed E-state index contributed by atoms with van der Waals surface area (Å²) in [4.78, 5) is 4.70. The molecule has 0 saturated heterocycles. The number of methoxy groups -OCH3 is 2. The lowest BCUT2D eigenvalue weighted by Crippen LogP contribution is -2.34. The quantitative estimate of drug-likeness (QED) is 0.267. The summed E-state index contributed by atoms with van der Waals surface area (Å²) < 4.78 is 36.6. The molecule has 9 nitrogen and oxygen atoms in total. The van der Waals surface area contributed by atoms with Crippen LogP contribution in [0.2, 0.25) is 0 Å². The second-order valence-corrected chi connectivity index (χ2v) is 12.6. The Bertz CT molecular complexity index is 1820. The molecule has 0 fully saturated rings. The Labute approximate surface area is 268 Å². The van der Waals surface area contributed by atoms with E-state index < -0.39 is 0 Å². The number of phenolic OH excluding ortho intramolecular Hbond substituents is 1. The van der Waals surface area contributed by atoms with Gasteiger partial charge in [-0.15, -0.1) is 0 Å². The smallest absolute Gasteiger partial charge is 0.231 e. The first-order chi connectivity index (χ1) is 22.4. The molecule has 1 N–H and O–H groups in total. The van der Waals surface area contributed by atoms with Gasteiger partial charge in [-0.05, 0) is 110 Å². The molecule has 0 unspecified atom stereocenters. The van der Waals surface area contributed by atoms with Crippen molar-refractivity contribution in [3.05, 3.63) is 88.0 Å². The minimum Gasteiger partial charge on any atom is -0.502 e. The van der Waals surface area contributed by atoms with Crippen molar-refractivity contribution in [2.45, 2.75) is 37.8 Å². The Kier molecular flexibility index (Phi) is 7.10. The fourth-order valence-electron chi connectivity index (χ4n) is 7.39. The summed E-state index contributed by atoms with van der Waals surface area (Å²) in [6.45, 7) is 1.91. The van der Waals surface area contributed by atoms with Crippen LogP contribution in [0.3, 0.4) is 0 Å². The molecule has 9 rings (SSSR count). The summed E-state index contributed by atoms with van der Waals surface area (Å²) in [6.07, 6.45) is 3.12. The van der Waals surface area contributed by atoms with Gasteiger partial charge in [-0.1, -0.05) is 12.1 Å². The molecule has 9 heteroatoms. The molecule has 4 aromatic carbocycles. The van der Waals surface area contributed by atoms with Gasteiger partial charge < -0.3 is 33.5 Å². The van der Waals surface area contributed by atoms with Crippen molar-refractivity contribution in [1.82, 2.24) is 9.80 Å². The van der Waals surface area contributed by atoms with Crippen LogP contribution in [-0.2, 0) is 25.7 Å². The lowest BCUT2D eigenvalue weighted by molar-refractivity contribution is 0.171. The van der Waals surface area contributed by atoms with E-state index in [0.717, 1.165) is 54.8 Å². The monoisotopic (exact) mass is 622 g/mol. The Morgan fingerprint density at radius 3 is 2.17 bits per heavy atom. The minimum absolute atomic E-state index is 0.0290. The number of aromatic hydroxyl groups is 1. The number of benzene rings is 4. The number of fused-ring (bicyclic) bond motifs is 3. The van der Waals surface area contributed by atoms with Crippen LogP contribution >= 0.6 is 0 Å². The molecule has 0 amide bonds. The molecule has 6 bridgehead atoms. The summed E-state index contributed by atoms with van der Waals surface area (Å²) in [5.41, 5.74) is 6.65. The summed E-state index contributed by atoms with van der Waals surface area (Å²) in [6, 6.07) is 18.5. The summed E-state index contributed by atoms with van der Waals surface area (Å²) >= 11 is 0. The van der Waals surface area contributed by atoms with Crippen LogP contribution in [0.5, 0.6) is 51.7 Å². The molecule has 4 aromatic rings. The van der Waals surface area contributed by atoms with Gasteiger partial charge in [0.05, 0.1) is 14.2 Å². The SMILES string of the molecule is COc1cc2c3cc1Oc1c(O)c(OC)cc4c1[C@@H](Cc1cc5c(c(c1)Oc1ccc(cc1)C[C@H]3N(C)CC2)OCO5)N(C)CC4. The average molecular weight is 623 g/mol. The van der Waals surface area contributed by atoms with Crippen LogP contribution in [0, 0.1) is 0 Å². The van der Waals surface area contributed by atoms with Crippen molar-refractivity contribution in [3.8, 4) is 51.7 Å². The number of rotatable bonds is 2. The van der Waals surface area contributed by atoms with Crippen molar-refractivity contribution in [2.24, 2.45) is 0 Å². The molecular weight excluding hydrogens is 584 g/mol. The van der Waals surface area contributed by atoms with Crippen LogP contribution in [0.1, 0.15) is 45.5 Å². The van der Waals surface area contributed by atoms with Gasteiger partial charge in [-0.25, -0.2) is 0 Å². The molecule has 0 spiro atoms. The molecule has 238 valence electrons. The normalized spacial score (nSPS) is 20.2. The molecule has 5 heterocycles. The second-order valence-electron chi connectivity index (χ2n) is 12.6. The van der Waals surface area contributed by atoms with Crippen LogP contribution in [0.4, 0.5) is 0 Å². The summed E-state index contributed by atoms with van der Waals surface area (Å²) in [5, 5.41) is 11.7. The zero-order chi connectivity index (χ0) is 31.5. The van der Waals surface area contributed by atoms with Gasteiger partial charge in [0.1, 0.15) is 5.75 Å². The number of likely N-dealkylation sites (N-methyl/N-ethyl adjacent to an activating group) is 2. The predicted octanol–water partition coefficient (Wildman–Crippen LogP) is 6.58. The molecule has 0 aromatic heterocycles. The fourth-order valence-corrected chi connectivity index (χ4v) is 7.39. The molecule has 46 heavy (non-hydrogen) atoms. The summed E-state index contributed by atoms with van der Waals surface area (Å²) in [5.74, 6) is 4.55. The lowest BCUT2D eigenvalue weighted by Gasteiger charge is -2.37. The Hall–Kier alpha value is -4.60. The van der Waals surface area contributed by atoms with Crippen LogP contribution < -0.4 is 28.4 Å². The third kappa shape index (κ3) is 4.85. The number of hydrogen-bond acceptors (Lipinski definition) is 9. The Balaban J connectivity index is 1.35. The molecule has 5 aliphatic heterocycles. The van der Waals surface area contributed by atoms with E-state index in [4.69, 9.17) is 28.4 Å². The summed E-state index contributed by atoms with van der Waals surface area (Å²) in [7, 11) is 7.51. The third-order valence-electron chi connectivity index (χ3n) is 9.93. The largest absolute Gasteiger partial charge is 0.502 e. The molecule has 0 radical (unpaired) electrons. The third-order valence-corrected chi connectivity index (χ3v) is 9.93. The second kappa shape index (κ2) is 11.3. The maximum Gasteiger partial charge on any atom is 0.231 e. The van der Waals surface area contributed by atoms with Gasteiger partial charge >= 0.3 is 0 Å². The highest BCUT2D eigenvalue weighted by atomic mass is 16.7. The number of phenols is 1. The van der Waals surface area contributed by atoms with Crippen LogP contribution in [0.25, 0.3) is 0 Å². The highest BCUT2D eigenvalue weighted by Crippen LogP contribution is 2.52. The van der Waals surface area contributed by atoms with Crippen LogP contribution in [-0.4, -0.2) is 63.1 Å². The van der Waals surface area contributed by atoms with Crippen molar-refractivity contribution in [3.63, 3.8) is 0 Å². The van der Waals surface area contributed by atoms with E-state index in [1.165, 1.54) is 16.7 Å². The Morgan fingerprint density at radius 1 is 0.696 bits per heavy atom. The molecular formula is C37H38N2O7. The maximum atomic E-state index is 11.7. The van der Waals surface area contributed by atoms with Gasteiger partial charge in [0.15, 0.2) is 34.5 Å². The van der Waals surface area contributed by atoms with E-state index in [1.807, 2.05) is 30.3 Å². The van der Waals surface area contributed by atoms with Crippen molar-refractivity contribution >= 4 is 0 Å². The molecule has 5 aliphatic rings. The van der Waals surface area contributed by atoms with Gasteiger partial charge in [0.2, 0.25) is 18.3 Å². The highest BCUT2D eigenvalue weighted by Gasteiger charge is 2.35. The zero-order valence-corrected chi connectivity index (χ0v) is 26.6. The van der Waals surface area contributed by atoms with Gasteiger partial charge in [0, 0.05) is 30.7 Å². The Morgan fingerprint density at radius 2 is 1.39 bits per heavy atom. The van der Waals surface area contributed by atoms with E-state index in [-0.39, 0.29) is 24.6 Å². The van der Waals surface area contributed by atoms with E-state index in [2.05, 4.69) is 48.2 Å². The van der Waals surface area contributed by atoms with Crippen LogP contribution in [0.15, 0.2) is 54.6 Å². The van der Waals surface area contributed by atoms with Gasteiger partial charge in [0.25, 0.3) is 0 Å². The number of nitrogens with zero attached hydrogens (tertiary/aromatic N) is 2. The molecule has 2 atom stereocenters. The molecule has 0 aliphatic carbocycles. The van der Waals surface area contributed by atoms with E-state index >= 15 is 0 Å². The van der Waals surface area contributed by atoms with Gasteiger partial charge in [-0.3, -0.25) is 9.80 Å². The van der Waals surface area contributed by atoms with Crippen molar-refractivity contribution in [2.75, 3.05) is 48.2 Å². The molecule has 0 saturated carbocycles. The first-order valence-electron chi connectivity index (χ1n) is 15.8. The van der Waals surface area contributed by atoms with Gasteiger partial charge in [-0.2, -0.15) is 0 Å². The van der Waals surface area contributed by atoms with E-state index in [1.54, 1.807) is 14.2 Å². The number of hydrogen-bond donors (Lipinski definition) is 1. The lowest BCUT2D eigenvalue weighted by atomic mass is 9.87. The average Bonchev–Trinajstić information content (AvgIpc) is 3.54. The minimum atomic E-state index is -0.121. The van der Waals surface area contributed by atoms with E-state index in [0.29, 0.717) is 46.7 Å². The van der Waals surface area contributed by atoms with E-state index in [9.17, 15) is 5.11 Å². The van der Waals surface area contributed by atoms with Crippen molar-refractivity contribution in [1.29, 1.82) is 0 Å². The standard InChI is InChI=1S/C37H38N2O7/c1-38-11-9-23-17-29(41-3)30-19-26(23)27(38)13-21-5-7-25(8-6-21)45-33-16-22(15-32-36(33)44-20-43-32)14-28-34-24(10-12-39(28)2)18-31(42-4)35(40)37(34)46-30/h5-8,15-19,27-28,40H,9-14,20H2,1-4H3/t27-,28-/m1/s1. The van der Waals surface area contributed by atoms with Crippen molar-refractivity contribution < 1.29 is 33.5 Å². The zero-order valence-electron chi connectivity index (χ0n) is 26.6. The number of ether oxygens (including phenoxy) is 6.